The Morgan fingerprint density at radius 1 is 1.00 bits per heavy atom. The summed E-state index contributed by atoms with van der Waals surface area (Å²) < 4.78 is 16.9. The van der Waals surface area contributed by atoms with Gasteiger partial charge in [-0.05, 0) is 35.9 Å². The Morgan fingerprint density at radius 2 is 1.85 bits per heavy atom. The maximum absolute atomic E-state index is 9.20. The summed E-state index contributed by atoms with van der Waals surface area (Å²) in [7, 11) is 0. The molecule has 2 aromatic rings. The molecule has 2 aromatic carbocycles. The number of hydrogen-bond donors (Lipinski definition) is 0. The average Bonchev–Trinajstić information content (AvgIpc) is 3.10. The van der Waals surface area contributed by atoms with Crippen molar-refractivity contribution in [3.05, 3.63) is 65.6 Å². The highest BCUT2D eigenvalue weighted by molar-refractivity contribution is 5.47. The Bertz CT molecular complexity index is 931. The van der Waals surface area contributed by atoms with Crippen LogP contribution in [0.25, 0.3) is 0 Å². The summed E-state index contributed by atoms with van der Waals surface area (Å²) in [5.41, 5.74) is 3.08. The Kier molecular flexibility index (Phi) is 3.58. The van der Waals surface area contributed by atoms with Gasteiger partial charge in [0.25, 0.3) is 0 Å². The van der Waals surface area contributed by atoms with Crippen molar-refractivity contribution >= 4 is 0 Å². The van der Waals surface area contributed by atoms with Gasteiger partial charge in [0.1, 0.15) is 18.3 Å². The lowest BCUT2D eigenvalue weighted by molar-refractivity contribution is 0.212. The number of fused-ring (bicyclic) bond motifs is 4. The highest BCUT2D eigenvalue weighted by Gasteiger charge is 2.38. The fraction of sp³-hybridized carbons (Fsp3) is 0.286. The molecule has 1 fully saturated rings. The Hall–Kier alpha value is -2.97. The van der Waals surface area contributed by atoms with Crippen molar-refractivity contribution in [2.45, 2.75) is 12.5 Å². The van der Waals surface area contributed by atoms with Gasteiger partial charge in [0.05, 0.1) is 18.2 Å². The lowest BCUT2D eigenvalue weighted by Gasteiger charge is -2.27. The monoisotopic (exact) mass is 346 g/mol. The maximum atomic E-state index is 9.20. The number of nitriles is 1. The van der Waals surface area contributed by atoms with Crippen molar-refractivity contribution in [2.24, 2.45) is 5.92 Å². The standard InChI is InChI=1S/C21H18N2O3/c22-9-14-1-3-19-17(7-14)18-12-23(11-16(18)13-26-19)10-15-2-4-20-21(8-15)25-6-5-24-20/h1-8,16,18H,10-13H2/t16-,18+/m0/s1. The number of nitrogens with zero attached hydrogens (tertiary/aromatic N) is 2. The molecule has 0 saturated carbocycles. The molecular formula is C21H18N2O3. The van der Waals surface area contributed by atoms with Gasteiger partial charge in [0.2, 0.25) is 0 Å². The number of rotatable bonds is 2. The minimum Gasteiger partial charge on any atom is -0.493 e. The van der Waals surface area contributed by atoms with E-state index in [9.17, 15) is 5.26 Å². The van der Waals surface area contributed by atoms with E-state index in [1.54, 1.807) is 12.5 Å². The predicted octanol–water partition coefficient (Wildman–Crippen LogP) is 3.41. The molecule has 5 heteroatoms. The third kappa shape index (κ3) is 2.59. The molecule has 3 aliphatic rings. The zero-order chi connectivity index (χ0) is 17.5. The third-order valence-electron chi connectivity index (χ3n) is 5.37. The number of likely N-dealkylation sites (tertiary alicyclic amines) is 1. The second-order valence-corrected chi connectivity index (χ2v) is 7.03. The van der Waals surface area contributed by atoms with E-state index in [1.165, 1.54) is 11.1 Å². The number of benzene rings is 2. The zero-order valence-corrected chi connectivity index (χ0v) is 14.2. The fourth-order valence-corrected chi connectivity index (χ4v) is 4.15. The summed E-state index contributed by atoms with van der Waals surface area (Å²) in [5, 5.41) is 9.20. The Balaban J connectivity index is 1.35. The first-order valence-corrected chi connectivity index (χ1v) is 8.80. The highest BCUT2D eigenvalue weighted by Crippen LogP contribution is 2.42. The van der Waals surface area contributed by atoms with Crippen LogP contribution in [0.2, 0.25) is 0 Å². The smallest absolute Gasteiger partial charge is 0.169 e. The van der Waals surface area contributed by atoms with Crippen LogP contribution in [0.3, 0.4) is 0 Å². The Morgan fingerprint density at radius 3 is 2.73 bits per heavy atom. The molecule has 0 aliphatic carbocycles. The second-order valence-electron chi connectivity index (χ2n) is 7.03. The van der Waals surface area contributed by atoms with Gasteiger partial charge in [-0.2, -0.15) is 5.26 Å². The van der Waals surface area contributed by atoms with E-state index in [-0.39, 0.29) is 0 Å². The molecule has 5 rings (SSSR count). The second kappa shape index (κ2) is 6.08. The SMILES string of the molecule is N#Cc1ccc2c(c1)[C@@H]1CN(Cc3ccc4c(c3)OC=CO4)C[C@H]1CO2. The zero-order valence-electron chi connectivity index (χ0n) is 14.2. The molecule has 0 spiro atoms. The minimum atomic E-state index is 0.423. The molecule has 26 heavy (non-hydrogen) atoms. The summed E-state index contributed by atoms with van der Waals surface area (Å²) in [6, 6.07) is 14.1. The largest absolute Gasteiger partial charge is 0.493 e. The first-order chi connectivity index (χ1) is 12.8. The van der Waals surface area contributed by atoms with Crippen LogP contribution in [0, 0.1) is 17.2 Å². The molecule has 3 aliphatic heterocycles. The molecular weight excluding hydrogens is 328 g/mol. The first kappa shape index (κ1) is 15.3. The van der Waals surface area contributed by atoms with Crippen LogP contribution in [0.1, 0.15) is 22.6 Å². The molecule has 5 nitrogen and oxygen atoms in total. The van der Waals surface area contributed by atoms with Crippen LogP contribution >= 0.6 is 0 Å². The van der Waals surface area contributed by atoms with Crippen LogP contribution in [-0.2, 0) is 6.54 Å². The van der Waals surface area contributed by atoms with Gasteiger partial charge in [-0.1, -0.05) is 6.07 Å². The highest BCUT2D eigenvalue weighted by atomic mass is 16.5. The third-order valence-corrected chi connectivity index (χ3v) is 5.37. The average molecular weight is 346 g/mol. The van der Waals surface area contributed by atoms with Crippen molar-refractivity contribution in [1.82, 2.24) is 4.90 Å². The van der Waals surface area contributed by atoms with Crippen LogP contribution in [0.4, 0.5) is 0 Å². The van der Waals surface area contributed by atoms with Crippen molar-refractivity contribution in [3.8, 4) is 23.3 Å². The molecule has 0 radical (unpaired) electrons. The first-order valence-electron chi connectivity index (χ1n) is 8.80. The van der Waals surface area contributed by atoms with Gasteiger partial charge in [-0.3, -0.25) is 4.90 Å². The van der Waals surface area contributed by atoms with E-state index >= 15 is 0 Å². The summed E-state index contributed by atoms with van der Waals surface area (Å²) in [6.07, 6.45) is 3.09. The topological polar surface area (TPSA) is 54.7 Å². The van der Waals surface area contributed by atoms with Crippen molar-refractivity contribution in [3.63, 3.8) is 0 Å². The fourth-order valence-electron chi connectivity index (χ4n) is 4.15. The van der Waals surface area contributed by atoms with Crippen molar-refractivity contribution in [2.75, 3.05) is 19.7 Å². The van der Waals surface area contributed by atoms with E-state index in [0.29, 0.717) is 17.4 Å². The summed E-state index contributed by atoms with van der Waals surface area (Å²) in [4.78, 5) is 2.45. The van der Waals surface area contributed by atoms with Crippen molar-refractivity contribution in [1.29, 1.82) is 5.26 Å². The van der Waals surface area contributed by atoms with Crippen LogP contribution in [-0.4, -0.2) is 24.6 Å². The molecule has 130 valence electrons. The minimum absolute atomic E-state index is 0.423. The van der Waals surface area contributed by atoms with E-state index in [0.717, 1.165) is 43.5 Å². The van der Waals surface area contributed by atoms with E-state index in [2.05, 4.69) is 17.0 Å². The van der Waals surface area contributed by atoms with Crippen LogP contribution in [0.5, 0.6) is 17.2 Å². The van der Waals surface area contributed by atoms with E-state index in [4.69, 9.17) is 14.2 Å². The van der Waals surface area contributed by atoms with Gasteiger partial charge in [-0.15, -0.1) is 0 Å². The van der Waals surface area contributed by atoms with Gasteiger partial charge in [0, 0.05) is 37.0 Å². The lowest BCUT2D eigenvalue weighted by atomic mass is 9.86. The quantitative estimate of drug-likeness (QED) is 0.834. The van der Waals surface area contributed by atoms with E-state index < -0.39 is 0 Å². The molecule has 3 heterocycles. The number of ether oxygens (including phenoxy) is 3. The van der Waals surface area contributed by atoms with Gasteiger partial charge in [0.15, 0.2) is 11.5 Å². The normalized spacial score (nSPS) is 22.9. The molecule has 0 amide bonds. The lowest BCUT2D eigenvalue weighted by Crippen LogP contribution is -2.25. The molecule has 0 unspecified atom stereocenters. The number of hydrogen-bond acceptors (Lipinski definition) is 5. The summed E-state index contributed by atoms with van der Waals surface area (Å²) >= 11 is 0. The molecule has 2 atom stereocenters. The van der Waals surface area contributed by atoms with Crippen LogP contribution in [0.15, 0.2) is 48.9 Å². The Labute approximate surface area is 152 Å². The van der Waals surface area contributed by atoms with Crippen LogP contribution < -0.4 is 14.2 Å². The van der Waals surface area contributed by atoms with E-state index in [1.807, 2.05) is 30.3 Å². The molecule has 1 saturated heterocycles. The van der Waals surface area contributed by atoms with Gasteiger partial charge in [-0.25, -0.2) is 0 Å². The predicted molar refractivity (Wildman–Crippen MR) is 95.0 cm³/mol. The summed E-state index contributed by atoms with van der Waals surface area (Å²) in [5.74, 6) is 3.33. The van der Waals surface area contributed by atoms with Crippen molar-refractivity contribution < 1.29 is 14.2 Å². The molecule has 0 bridgehead atoms. The van der Waals surface area contributed by atoms with Gasteiger partial charge >= 0.3 is 0 Å². The maximum Gasteiger partial charge on any atom is 0.169 e. The van der Waals surface area contributed by atoms with Gasteiger partial charge < -0.3 is 14.2 Å². The molecule has 0 N–H and O–H groups in total. The molecule has 0 aromatic heterocycles. The summed E-state index contributed by atoms with van der Waals surface area (Å²) in [6.45, 7) is 3.58.